The van der Waals surface area contributed by atoms with Gasteiger partial charge in [-0.2, -0.15) is 0 Å². The number of rotatable bonds is 11. The zero-order valence-corrected chi connectivity index (χ0v) is 28.1. The minimum atomic E-state index is -2.24. The molecule has 3 aromatic rings. The summed E-state index contributed by atoms with van der Waals surface area (Å²) in [4.78, 5) is 15.5. The van der Waals surface area contributed by atoms with E-state index in [0.29, 0.717) is 5.56 Å². The molecule has 0 bridgehead atoms. The number of carbonyl (C=O) groups excluding carboxylic acids is 1. The van der Waals surface area contributed by atoms with Crippen LogP contribution in [-0.2, 0) is 17.6 Å². The number of alkyl halides is 2. The summed E-state index contributed by atoms with van der Waals surface area (Å²) in [5.74, 6) is 0.0636. The molecule has 0 fully saturated rings. The van der Waals surface area contributed by atoms with E-state index in [4.69, 9.17) is 0 Å². The van der Waals surface area contributed by atoms with Crippen molar-refractivity contribution in [1.29, 1.82) is 0 Å². The Morgan fingerprint density at radius 1 is 0.744 bits per heavy atom. The number of aryl methyl sites for hydroxylation is 1. The fraction of sp³-hybridized carbons (Fsp3) is 0.410. The third kappa shape index (κ3) is 13.5. The van der Waals surface area contributed by atoms with Crippen molar-refractivity contribution >= 4 is 5.91 Å². The summed E-state index contributed by atoms with van der Waals surface area (Å²) in [6.07, 6.45) is 1.29. The maximum Gasteiger partial charge on any atom is 0.254 e. The standard InChI is InChI=1S/C25H31NO.C10H12F2.2C2H6/c1-6-14-20(5)23(7-2)25(27)26(19(3)4)24(21-15-10-8-11-16-21)22-17-12-9-13-18-22;1-2-8-3-5-9(6-4-8)7-10(11)12;2*1-2/h8-13,15-18,24H,3,6-7,14H2,1-2,4-5H3;3-6,10H,2,7H2,1H3;2*1-2H3/b23-20+;;;. The van der Waals surface area contributed by atoms with Crippen LogP contribution in [0.15, 0.2) is 108 Å². The molecule has 3 rings (SSSR count). The molecule has 0 spiro atoms. The summed E-state index contributed by atoms with van der Waals surface area (Å²) < 4.78 is 23.8. The van der Waals surface area contributed by atoms with E-state index < -0.39 is 6.43 Å². The van der Waals surface area contributed by atoms with E-state index >= 15 is 0 Å². The number of nitrogens with zero attached hydrogens (tertiary/aromatic N) is 1. The van der Waals surface area contributed by atoms with Gasteiger partial charge in [0.25, 0.3) is 5.91 Å². The Bertz CT molecular complexity index is 1150. The smallest absolute Gasteiger partial charge is 0.254 e. The maximum atomic E-state index is 13.6. The number of hydrogen-bond acceptors (Lipinski definition) is 1. The number of benzene rings is 3. The third-order valence-corrected chi connectivity index (χ3v) is 6.69. The summed E-state index contributed by atoms with van der Waals surface area (Å²) in [6, 6.07) is 27.5. The van der Waals surface area contributed by atoms with E-state index in [1.165, 1.54) is 11.1 Å². The lowest BCUT2D eigenvalue weighted by Crippen LogP contribution is -2.35. The Kier molecular flexibility index (Phi) is 21.1. The molecule has 0 atom stereocenters. The zero-order chi connectivity index (χ0) is 32.8. The van der Waals surface area contributed by atoms with Gasteiger partial charge in [-0.05, 0) is 55.4 Å². The number of hydrogen-bond donors (Lipinski definition) is 0. The van der Waals surface area contributed by atoms with E-state index in [-0.39, 0.29) is 18.4 Å². The summed E-state index contributed by atoms with van der Waals surface area (Å²) in [5.41, 5.74) is 6.91. The predicted molar refractivity (Wildman–Crippen MR) is 183 cm³/mol. The Morgan fingerprint density at radius 3 is 1.53 bits per heavy atom. The Hall–Kier alpha value is -3.53. The molecule has 0 aliphatic carbocycles. The first-order valence-electron chi connectivity index (χ1n) is 15.9. The monoisotopic (exact) mass is 591 g/mol. The number of amides is 1. The molecule has 0 aliphatic heterocycles. The minimum Gasteiger partial charge on any atom is -0.302 e. The first-order chi connectivity index (χ1) is 20.7. The lowest BCUT2D eigenvalue weighted by atomic mass is 9.94. The maximum absolute atomic E-state index is 13.6. The SMILES string of the molecule is C=C(C)N(C(=O)/C(CC)=C(\C)CCC)C(c1ccccc1)c1ccccc1.CC.CC.CCc1ccc(CC(F)F)cc1. The molecule has 1 amide bonds. The van der Waals surface area contributed by atoms with Crippen LogP contribution in [0.25, 0.3) is 0 Å². The second kappa shape index (κ2) is 23.0. The molecule has 236 valence electrons. The first kappa shape index (κ1) is 39.5. The molecule has 0 N–H and O–H groups in total. The largest absolute Gasteiger partial charge is 0.302 e. The average Bonchev–Trinajstić information content (AvgIpc) is 3.03. The summed E-state index contributed by atoms with van der Waals surface area (Å²) in [5, 5.41) is 0. The topological polar surface area (TPSA) is 20.3 Å². The van der Waals surface area contributed by atoms with Crippen LogP contribution in [0, 0.1) is 0 Å². The van der Waals surface area contributed by atoms with E-state index in [1.54, 1.807) is 12.1 Å². The molecule has 2 nitrogen and oxygen atoms in total. The molecule has 0 aromatic heterocycles. The van der Waals surface area contributed by atoms with Crippen LogP contribution in [-0.4, -0.2) is 17.2 Å². The van der Waals surface area contributed by atoms with Gasteiger partial charge in [0.2, 0.25) is 6.43 Å². The van der Waals surface area contributed by atoms with Crippen LogP contribution in [0.3, 0.4) is 0 Å². The molecule has 0 saturated carbocycles. The highest BCUT2D eigenvalue weighted by atomic mass is 19.3. The fourth-order valence-corrected chi connectivity index (χ4v) is 4.67. The first-order valence-corrected chi connectivity index (χ1v) is 15.9. The molecule has 4 heteroatoms. The Morgan fingerprint density at radius 2 is 1.19 bits per heavy atom. The van der Waals surface area contributed by atoms with Gasteiger partial charge in [0, 0.05) is 17.7 Å². The van der Waals surface area contributed by atoms with Crippen LogP contribution < -0.4 is 0 Å². The van der Waals surface area contributed by atoms with Gasteiger partial charge in [0.1, 0.15) is 0 Å². The van der Waals surface area contributed by atoms with Crippen molar-refractivity contribution in [3.8, 4) is 0 Å². The molecular weight excluding hydrogens is 536 g/mol. The van der Waals surface area contributed by atoms with Crippen LogP contribution in [0.2, 0.25) is 0 Å². The van der Waals surface area contributed by atoms with Crippen molar-refractivity contribution in [2.24, 2.45) is 0 Å². The van der Waals surface area contributed by atoms with E-state index in [1.807, 2.05) is 95.0 Å². The second-order valence-corrected chi connectivity index (χ2v) is 9.76. The van der Waals surface area contributed by atoms with Crippen LogP contribution in [0.1, 0.15) is 110 Å². The lowest BCUT2D eigenvalue weighted by molar-refractivity contribution is -0.126. The molecular formula is C39H55F2NO. The molecule has 0 saturated heterocycles. The van der Waals surface area contributed by atoms with Crippen molar-refractivity contribution in [1.82, 2.24) is 4.90 Å². The zero-order valence-electron chi connectivity index (χ0n) is 28.1. The van der Waals surface area contributed by atoms with Gasteiger partial charge in [0.05, 0.1) is 6.04 Å². The highest BCUT2D eigenvalue weighted by molar-refractivity contribution is 5.95. The summed E-state index contributed by atoms with van der Waals surface area (Å²) >= 11 is 0. The molecule has 0 unspecified atom stereocenters. The minimum absolute atomic E-state index is 0.0636. The van der Waals surface area contributed by atoms with Gasteiger partial charge in [-0.1, -0.05) is 152 Å². The molecule has 3 aromatic carbocycles. The quantitative estimate of drug-likeness (QED) is 0.203. The van der Waals surface area contributed by atoms with E-state index in [0.717, 1.165) is 48.1 Å². The van der Waals surface area contributed by atoms with Crippen molar-refractivity contribution in [3.05, 3.63) is 131 Å². The highest BCUT2D eigenvalue weighted by Gasteiger charge is 2.29. The highest BCUT2D eigenvalue weighted by Crippen LogP contribution is 2.33. The predicted octanol–water partition coefficient (Wildman–Crippen LogP) is 11.8. The van der Waals surface area contributed by atoms with Crippen LogP contribution >= 0.6 is 0 Å². The molecule has 0 heterocycles. The van der Waals surface area contributed by atoms with Crippen molar-refractivity contribution in [2.75, 3.05) is 0 Å². The molecule has 43 heavy (non-hydrogen) atoms. The molecule has 0 radical (unpaired) electrons. The second-order valence-electron chi connectivity index (χ2n) is 9.76. The van der Waals surface area contributed by atoms with Gasteiger partial charge in [0.15, 0.2) is 0 Å². The molecule has 0 aliphatic rings. The summed E-state index contributed by atoms with van der Waals surface area (Å²) in [7, 11) is 0. The Balaban J connectivity index is 0.000000918. The van der Waals surface area contributed by atoms with Gasteiger partial charge in [-0.3, -0.25) is 4.79 Å². The van der Waals surface area contributed by atoms with Gasteiger partial charge in [-0.25, -0.2) is 8.78 Å². The normalized spacial score (nSPS) is 10.7. The van der Waals surface area contributed by atoms with Crippen LogP contribution in [0.4, 0.5) is 8.78 Å². The van der Waals surface area contributed by atoms with Gasteiger partial charge < -0.3 is 4.90 Å². The van der Waals surface area contributed by atoms with Crippen molar-refractivity contribution in [3.63, 3.8) is 0 Å². The number of halogens is 2. The van der Waals surface area contributed by atoms with Gasteiger partial charge in [-0.15, -0.1) is 0 Å². The lowest BCUT2D eigenvalue weighted by Gasteiger charge is -2.34. The number of carbonyl (C=O) groups is 1. The summed E-state index contributed by atoms with van der Waals surface area (Å²) in [6.45, 7) is 22.4. The van der Waals surface area contributed by atoms with E-state index in [2.05, 4.69) is 51.6 Å². The van der Waals surface area contributed by atoms with E-state index in [9.17, 15) is 13.6 Å². The Labute approximate surface area is 261 Å². The number of allylic oxidation sites excluding steroid dienone is 2. The fourth-order valence-electron chi connectivity index (χ4n) is 4.67. The third-order valence-electron chi connectivity index (χ3n) is 6.69. The average molecular weight is 592 g/mol. The van der Waals surface area contributed by atoms with Crippen LogP contribution in [0.5, 0.6) is 0 Å². The van der Waals surface area contributed by atoms with Gasteiger partial charge >= 0.3 is 0 Å². The van der Waals surface area contributed by atoms with Crippen molar-refractivity contribution in [2.45, 2.75) is 107 Å². The van der Waals surface area contributed by atoms with Crippen molar-refractivity contribution < 1.29 is 13.6 Å².